The Kier molecular flexibility index (Phi) is 34.3. The van der Waals surface area contributed by atoms with Gasteiger partial charge in [-0.15, -0.1) is 0 Å². The first kappa shape index (κ1) is 48.7. The molecule has 0 heterocycles. The van der Waals surface area contributed by atoms with E-state index in [1.807, 2.05) is 0 Å². The summed E-state index contributed by atoms with van der Waals surface area (Å²) in [4.78, 5) is 0. The molecule has 0 N–H and O–H groups in total. The van der Waals surface area contributed by atoms with E-state index in [1.165, 1.54) is 247 Å². The molecule has 1 nitrogen and oxygen atoms in total. The van der Waals surface area contributed by atoms with Crippen LogP contribution >= 0.6 is 0 Å². The summed E-state index contributed by atoms with van der Waals surface area (Å²) in [7, 11) is 0. The second-order valence-electron chi connectivity index (χ2n) is 16.7. The average Bonchev–Trinajstić information content (AvgIpc) is 3.15. The summed E-state index contributed by atoms with van der Waals surface area (Å²) in [5.41, 5.74) is 3.03. The fourth-order valence-electron chi connectivity index (χ4n) is 8.42. The van der Waals surface area contributed by atoms with Crippen LogP contribution in [0, 0.1) is 0 Å². The number of hydrogen-bond donors (Lipinski definition) is 0. The first-order valence-electron chi connectivity index (χ1n) is 23.2. The van der Waals surface area contributed by atoms with Crippen LogP contribution in [-0.2, 0) is 13.1 Å². The van der Waals surface area contributed by atoms with Gasteiger partial charge in [0.25, 0.3) is 0 Å². The minimum Gasteiger partial charge on any atom is -1.00 e. The minimum atomic E-state index is 0. The van der Waals surface area contributed by atoms with Gasteiger partial charge in [0.15, 0.2) is 0 Å². The van der Waals surface area contributed by atoms with E-state index in [-0.39, 0.29) is 12.4 Å². The fraction of sp³-hybridized carbons (Fsp3) is 0.760. The molecule has 0 bridgehead atoms. The van der Waals surface area contributed by atoms with Crippen molar-refractivity contribution in [1.82, 2.24) is 0 Å². The third-order valence-corrected chi connectivity index (χ3v) is 11.7. The van der Waals surface area contributed by atoms with E-state index in [1.54, 1.807) is 0 Å². The van der Waals surface area contributed by atoms with Gasteiger partial charge in [0, 0.05) is 11.1 Å². The van der Waals surface area contributed by atoms with Crippen LogP contribution in [0.1, 0.15) is 230 Å². The van der Waals surface area contributed by atoms with E-state index < -0.39 is 0 Å². The SMILES string of the molecule is CCCCCCCCCCCCCCCCCC[N+](CCCCCCCCCCCCCCCCCC)(Cc1ccccc1)Cc1ccccc1.[Cl-]. The molecule has 0 amide bonds. The normalized spacial score (nSPS) is 11.6. The summed E-state index contributed by atoms with van der Waals surface area (Å²) in [5.74, 6) is 0. The zero-order valence-electron chi connectivity index (χ0n) is 35.1. The molecule has 0 fully saturated rings. The van der Waals surface area contributed by atoms with Crippen molar-refractivity contribution in [3.05, 3.63) is 71.8 Å². The zero-order chi connectivity index (χ0) is 36.2. The van der Waals surface area contributed by atoms with E-state index in [0.717, 1.165) is 0 Å². The standard InChI is InChI=1S/C50H88N.ClH/c1-3-5-7-9-11-13-15-17-19-21-23-25-27-29-31-39-45-51(47-49-41-35-33-36-42-49,48-50-43-37-34-38-44-50)46-40-32-30-28-26-24-22-20-18-16-14-12-10-8-6-4-2;/h33-38,41-44H,3-32,39-40,45-48H2,1-2H3;1H/q+1;/p-1. The molecule has 0 unspecified atom stereocenters. The van der Waals surface area contributed by atoms with Gasteiger partial charge in [-0.2, -0.15) is 0 Å². The van der Waals surface area contributed by atoms with Crippen molar-refractivity contribution in [2.24, 2.45) is 0 Å². The molecule has 0 aliphatic rings. The number of halogens is 1. The number of hydrogen-bond acceptors (Lipinski definition) is 0. The summed E-state index contributed by atoms with van der Waals surface area (Å²) in [6.45, 7) is 9.61. The quantitative estimate of drug-likeness (QED) is 0.0475. The lowest BCUT2D eigenvalue weighted by Gasteiger charge is -2.39. The van der Waals surface area contributed by atoms with Crippen LogP contribution in [0.3, 0.4) is 0 Å². The first-order valence-corrected chi connectivity index (χ1v) is 23.2. The second kappa shape index (κ2) is 36.7. The molecule has 300 valence electrons. The molecule has 2 aromatic carbocycles. The maximum absolute atomic E-state index is 2.37. The van der Waals surface area contributed by atoms with Crippen molar-refractivity contribution in [1.29, 1.82) is 0 Å². The molecule has 52 heavy (non-hydrogen) atoms. The van der Waals surface area contributed by atoms with Gasteiger partial charge in [-0.25, -0.2) is 0 Å². The number of benzene rings is 2. The molecule has 0 saturated heterocycles. The fourth-order valence-corrected chi connectivity index (χ4v) is 8.42. The van der Waals surface area contributed by atoms with Crippen LogP contribution in [0.2, 0.25) is 0 Å². The Morgan fingerprint density at radius 3 is 0.731 bits per heavy atom. The van der Waals surface area contributed by atoms with Crippen LogP contribution in [0.4, 0.5) is 0 Å². The summed E-state index contributed by atoms with van der Waals surface area (Å²) in [5, 5.41) is 0. The monoisotopic (exact) mass is 738 g/mol. The first-order chi connectivity index (χ1) is 25.3. The molecule has 0 radical (unpaired) electrons. The molecule has 0 aliphatic heterocycles. The number of quaternary nitrogens is 1. The van der Waals surface area contributed by atoms with E-state index in [2.05, 4.69) is 74.5 Å². The predicted molar refractivity (Wildman–Crippen MR) is 229 cm³/mol. The molecule has 2 aromatic rings. The lowest BCUT2D eigenvalue weighted by Crippen LogP contribution is -3.00. The van der Waals surface area contributed by atoms with Crippen LogP contribution in [0.15, 0.2) is 60.7 Å². The van der Waals surface area contributed by atoms with Crippen LogP contribution in [0.5, 0.6) is 0 Å². The lowest BCUT2D eigenvalue weighted by molar-refractivity contribution is -0.954. The van der Waals surface area contributed by atoms with Crippen molar-refractivity contribution in [2.45, 2.75) is 232 Å². The van der Waals surface area contributed by atoms with Gasteiger partial charge in [0.1, 0.15) is 13.1 Å². The summed E-state index contributed by atoms with van der Waals surface area (Å²) >= 11 is 0. The van der Waals surface area contributed by atoms with Gasteiger partial charge >= 0.3 is 0 Å². The maximum Gasteiger partial charge on any atom is 0.105 e. The third-order valence-electron chi connectivity index (χ3n) is 11.7. The highest BCUT2D eigenvalue weighted by molar-refractivity contribution is 5.15. The summed E-state index contributed by atoms with van der Waals surface area (Å²) in [6.07, 6.45) is 46.1. The van der Waals surface area contributed by atoms with Crippen molar-refractivity contribution >= 4 is 0 Å². The van der Waals surface area contributed by atoms with Crippen LogP contribution < -0.4 is 12.4 Å². The number of rotatable bonds is 38. The summed E-state index contributed by atoms with van der Waals surface area (Å²) < 4.78 is 1.23. The summed E-state index contributed by atoms with van der Waals surface area (Å²) in [6, 6.07) is 22.8. The van der Waals surface area contributed by atoms with Crippen molar-refractivity contribution in [2.75, 3.05) is 13.1 Å². The molecule has 0 atom stereocenters. The van der Waals surface area contributed by atoms with Gasteiger partial charge in [0.2, 0.25) is 0 Å². The average molecular weight is 739 g/mol. The van der Waals surface area contributed by atoms with Crippen LogP contribution in [-0.4, -0.2) is 17.6 Å². The molecule has 0 saturated carbocycles. The molecular formula is C50H88ClN. The molecule has 2 heteroatoms. The highest BCUT2D eigenvalue weighted by Gasteiger charge is 2.27. The van der Waals surface area contributed by atoms with E-state index in [9.17, 15) is 0 Å². The van der Waals surface area contributed by atoms with Gasteiger partial charge in [-0.3, -0.25) is 0 Å². The molecular weight excluding hydrogens is 650 g/mol. The van der Waals surface area contributed by atoms with E-state index in [4.69, 9.17) is 0 Å². The molecule has 0 aromatic heterocycles. The topological polar surface area (TPSA) is 0 Å². The van der Waals surface area contributed by atoms with Gasteiger partial charge in [-0.05, 0) is 25.7 Å². The molecule has 0 aliphatic carbocycles. The van der Waals surface area contributed by atoms with Crippen molar-refractivity contribution in [3.8, 4) is 0 Å². The Labute approximate surface area is 332 Å². The Hall–Kier alpha value is -1.31. The Morgan fingerprint density at radius 1 is 0.288 bits per heavy atom. The number of unbranched alkanes of at least 4 members (excludes halogenated alkanes) is 30. The Balaban J connectivity index is 0.0000135. The van der Waals surface area contributed by atoms with Crippen molar-refractivity contribution < 1.29 is 16.9 Å². The maximum atomic E-state index is 2.37. The Morgan fingerprint density at radius 2 is 0.500 bits per heavy atom. The second-order valence-corrected chi connectivity index (χ2v) is 16.7. The van der Waals surface area contributed by atoms with Gasteiger partial charge < -0.3 is 16.9 Å². The minimum absolute atomic E-state index is 0. The van der Waals surface area contributed by atoms with E-state index >= 15 is 0 Å². The largest absolute Gasteiger partial charge is 1.00 e. The third kappa shape index (κ3) is 28.2. The highest BCUT2D eigenvalue weighted by atomic mass is 35.5. The van der Waals surface area contributed by atoms with Gasteiger partial charge in [-0.1, -0.05) is 254 Å². The number of nitrogens with zero attached hydrogens (tertiary/aromatic N) is 1. The molecule has 2 rings (SSSR count). The predicted octanol–water partition coefficient (Wildman–Crippen LogP) is 13.7. The molecule has 0 spiro atoms. The van der Waals surface area contributed by atoms with Gasteiger partial charge in [0.05, 0.1) is 13.1 Å². The Bertz CT molecular complexity index is 879. The lowest BCUT2D eigenvalue weighted by atomic mass is 10.0. The van der Waals surface area contributed by atoms with Crippen LogP contribution in [0.25, 0.3) is 0 Å². The smallest absolute Gasteiger partial charge is 0.105 e. The highest BCUT2D eigenvalue weighted by Crippen LogP contribution is 2.25. The van der Waals surface area contributed by atoms with E-state index in [0.29, 0.717) is 0 Å². The van der Waals surface area contributed by atoms with Crippen molar-refractivity contribution in [3.63, 3.8) is 0 Å². The zero-order valence-corrected chi connectivity index (χ0v) is 35.8.